The smallest absolute Gasteiger partial charge is 0.126 e. The molecule has 2 N–H and O–H groups in total. The molecule has 0 amide bonds. The van der Waals surface area contributed by atoms with E-state index in [0.29, 0.717) is 12.0 Å². The Morgan fingerprint density at radius 1 is 1.24 bits per heavy atom. The van der Waals surface area contributed by atoms with Crippen LogP contribution in [0.5, 0.6) is 5.75 Å². The van der Waals surface area contributed by atoms with Crippen molar-refractivity contribution in [3.63, 3.8) is 0 Å². The molecule has 0 spiro atoms. The molecule has 0 bridgehead atoms. The Hall–Kier alpha value is -1.02. The van der Waals surface area contributed by atoms with E-state index in [1.807, 2.05) is 0 Å². The lowest BCUT2D eigenvalue weighted by Gasteiger charge is -2.44. The van der Waals surface area contributed by atoms with E-state index in [1.165, 1.54) is 24.0 Å². The maximum absolute atomic E-state index is 6.53. The molecule has 1 saturated carbocycles. The zero-order chi connectivity index (χ0) is 15.0. The zero-order valence-electron chi connectivity index (χ0n) is 13.7. The molecular weight excluding hydrogens is 258 g/mol. The van der Waals surface area contributed by atoms with E-state index < -0.39 is 0 Å². The molecule has 3 rings (SSSR count). The van der Waals surface area contributed by atoms with Crippen LogP contribution in [-0.4, -0.2) is 12.6 Å². The van der Waals surface area contributed by atoms with Crippen molar-refractivity contribution in [3.05, 3.63) is 29.3 Å². The highest BCUT2D eigenvalue weighted by Crippen LogP contribution is 2.46. The highest BCUT2D eigenvalue weighted by molar-refractivity contribution is 5.47. The lowest BCUT2D eigenvalue weighted by molar-refractivity contribution is 0.165. The molecular formula is C19H29NO. The fraction of sp³-hybridized carbons (Fsp3) is 0.684. The van der Waals surface area contributed by atoms with Gasteiger partial charge in [-0.05, 0) is 48.5 Å². The number of benzene rings is 1. The van der Waals surface area contributed by atoms with Crippen LogP contribution >= 0.6 is 0 Å². The summed E-state index contributed by atoms with van der Waals surface area (Å²) in [6.07, 6.45) is 5.98. The normalized spacial score (nSPS) is 29.6. The van der Waals surface area contributed by atoms with Crippen molar-refractivity contribution >= 4 is 0 Å². The Balaban J connectivity index is 1.94. The number of rotatable bonds is 2. The Kier molecular flexibility index (Phi) is 4.00. The summed E-state index contributed by atoms with van der Waals surface area (Å²) in [5.41, 5.74) is 9.36. The summed E-state index contributed by atoms with van der Waals surface area (Å²) >= 11 is 0. The molecule has 0 aromatic heterocycles. The summed E-state index contributed by atoms with van der Waals surface area (Å²) in [4.78, 5) is 0. The van der Waals surface area contributed by atoms with Gasteiger partial charge in [-0.25, -0.2) is 0 Å². The second-order valence-electron chi connectivity index (χ2n) is 7.66. The molecule has 116 valence electrons. The van der Waals surface area contributed by atoms with E-state index >= 15 is 0 Å². The second kappa shape index (κ2) is 5.64. The Morgan fingerprint density at radius 3 is 2.81 bits per heavy atom. The SMILES string of the molecule is CC1CCC(C(C)(C)c2cccc3c2OCCC3)C(N)C1. The second-order valence-corrected chi connectivity index (χ2v) is 7.66. The van der Waals surface area contributed by atoms with E-state index in [4.69, 9.17) is 10.5 Å². The van der Waals surface area contributed by atoms with Crippen molar-refractivity contribution in [1.29, 1.82) is 0 Å². The van der Waals surface area contributed by atoms with Gasteiger partial charge >= 0.3 is 0 Å². The molecule has 3 unspecified atom stereocenters. The standard InChI is InChI=1S/C19H29NO/c1-13-9-10-15(17(20)12-13)19(2,3)16-8-4-6-14-7-5-11-21-18(14)16/h4,6,8,13,15,17H,5,7,9-12,20H2,1-3H3. The Labute approximate surface area is 129 Å². The molecule has 1 aromatic rings. The molecule has 2 heteroatoms. The van der Waals surface area contributed by atoms with Crippen LogP contribution in [0.1, 0.15) is 57.6 Å². The van der Waals surface area contributed by atoms with Crippen LogP contribution in [0.4, 0.5) is 0 Å². The third-order valence-corrected chi connectivity index (χ3v) is 5.72. The minimum Gasteiger partial charge on any atom is -0.493 e. The first-order valence-electron chi connectivity index (χ1n) is 8.51. The van der Waals surface area contributed by atoms with Crippen LogP contribution in [0.2, 0.25) is 0 Å². The van der Waals surface area contributed by atoms with E-state index in [9.17, 15) is 0 Å². The molecule has 2 nitrogen and oxygen atoms in total. The van der Waals surface area contributed by atoms with Crippen LogP contribution in [0, 0.1) is 11.8 Å². The first kappa shape index (κ1) is 14.9. The first-order valence-corrected chi connectivity index (χ1v) is 8.51. The molecule has 21 heavy (non-hydrogen) atoms. The molecule has 1 heterocycles. The van der Waals surface area contributed by atoms with E-state index in [-0.39, 0.29) is 5.41 Å². The monoisotopic (exact) mass is 287 g/mol. The van der Waals surface area contributed by atoms with Crippen LogP contribution in [0.3, 0.4) is 0 Å². The van der Waals surface area contributed by atoms with Crippen molar-refractivity contribution in [2.45, 2.75) is 64.3 Å². The van der Waals surface area contributed by atoms with Crippen LogP contribution < -0.4 is 10.5 Å². The molecule has 0 saturated heterocycles. The number of aryl methyl sites for hydroxylation is 1. The summed E-state index contributed by atoms with van der Waals surface area (Å²) in [6.45, 7) is 7.91. The van der Waals surface area contributed by atoms with Gasteiger partial charge in [0.2, 0.25) is 0 Å². The molecule has 1 aliphatic heterocycles. The number of ether oxygens (including phenoxy) is 1. The number of fused-ring (bicyclic) bond motifs is 1. The summed E-state index contributed by atoms with van der Waals surface area (Å²) < 4.78 is 6.05. The predicted octanol–water partition coefficient (Wildman–Crippen LogP) is 4.05. The van der Waals surface area contributed by atoms with Crippen molar-refractivity contribution in [2.24, 2.45) is 17.6 Å². The highest BCUT2D eigenvalue weighted by Gasteiger charge is 2.40. The van der Waals surface area contributed by atoms with Gasteiger partial charge in [0.25, 0.3) is 0 Å². The minimum absolute atomic E-state index is 0.0856. The average Bonchev–Trinajstić information content (AvgIpc) is 2.46. The zero-order valence-corrected chi connectivity index (χ0v) is 13.7. The summed E-state index contributed by atoms with van der Waals surface area (Å²) in [5, 5.41) is 0. The molecule has 1 aromatic carbocycles. The maximum atomic E-state index is 6.53. The maximum Gasteiger partial charge on any atom is 0.126 e. The number of hydrogen-bond donors (Lipinski definition) is 1. The van der Waals surface area contributed by atoms with E-state index in [2.05, 4.69) is 39.0 Å². The third kappa shape index (κ3) is 2.70. The van der Waals surface area contributed by atoms with Crippen molar-refractivity contribution in [3.8, 4) is 5.75 Å². The van der Waals surface area contributed by atoms with Crippen LogP contribution in [0.25, 0.3) is 0 Å². The number of para-hydroxylation sites is 1. The van der Waals surface area contributed by atoms with Gasteiger partial charge in [0.05, 0.1) is 6.61 Å². The summed E-state index contributed by atoms with van der Waals surface area (Å²) in [7, 11) is 0. The molecule has 2 aliphatic rings. The first-order chi connectivity index (χ1) is 10.00. The van der Waals surface area contributed by atoms with Crippen LogP contribution in [-0.2, 0) is 11.8 Å². The topological polar surface area (TPSA) is 35.2 Å². The Bertz CT molecular complexity index is 508. The molecule has 1 aliphatic carbocycles. The van der Waals surface area contributed by atoms with Gasteiger partial charge in [0, 0.05) is 11.6 Å². The lowest BCUT2D eigenvalue weighted by Crippen LogP contribution is -2.46. The largest absolute Gasteiger partial charge is 0.493 e. The van der Waals surface area contributed by atoms with Gasteiger partial charge in [-0.15, -0.1) is 0 Å². The van der Waals surface area contributed by atoms with Crippen molar-refractivity contribution < 1.29 is 4.74 Å². The van der Waals surface area contributed by atoms with E-state index in [1.54, 1.807) is 0 Å². The Morgan fingerprint density at radius 2 is 2.05 bits per heavy atom. The van der Waals surface area contributed by atoms with Crippen LogP contribution in [0.15, 0.2) is 18.2 Å². The summed E-state index contributed by atoms with van der Waals surface area (Å²) in [5.74, 6) is 2.47. The number of nitrogens with two attached hydrogens (primary N) is 1. The average molecular weight is 287 g/mol. The highest BCUT2D eigenvalue weighted by atomic mass is 16.5. The fourth-order valence-corrected chi connectivity index (χ4v) is 4.42. The van der Waals surface area contributed by atoms with E-state index in [0.717, 1.165) is 37.5 Å². The minimum atomic E-state index is 0.0856. The van der Waals surface area contributed by atoms with Gasteiger partial charge in [-0.2, -0.15) is 0 Å². The van der Waals surface area contributed by atoms with Gasteiger partial charge in [0.1, 0.15) is 5.75 Å². The van der Waals surface area contributed by atoms with Gasteiger partial charge in [0.15, 0.2) is 0 Å². The predicted molar refractivity (Wildman–Crippen MR) is 87.8 cm³/mol. The van der Waals surface area contributed by atoms with Gasteiger partial charge in [-0.3, -0.25) is 0 Å². The van der Waals surface area contributed by atoms with Crippen molar-refractivity contribution in [1.82, 2.24) is 0 Å². The summed E-state index contributed by atoms with van der Waals surface area (Å²) in [6, 6.07) is 6.98. The number of hydrogen-bond acceptors (Lipinski definition) is 2. The molecule has 1 fully saturated rings. The lowest BCUT2D eigenvalue weighted by atomic mass is 9.63. The molecule has 3 atom stereocenters. The van der Waals surface area contributed by atoms with Gasteiger partial charge in [-0.1, -0.05) is 45.4 Å². The van der Waals surface area contributed by atoms with Crippen molar-refractivity contribution in [2.75, 3.05) is 6.61 Å². The van der Waals surface area contributed by atoms with Gasteiger partial charge < -0.3 is 10.5 Å². The molecule has 0 radical (unpaired) electrons. The third-order valence-electron chi connectivity index (χ3n) is 5.72. The fourth-order valence-electron chi connectivity index (χ4n) is 4.42. The quantitative estimate of drug-likeness (QED) is 0.890.